The molecule has 0 unspecified atom stereocenters. The molecular formula is C22H24N4O3. The molecule has 2 aromatic carbocycles. The smallest absolute Gasteiger partial charge is 0.325 e. The molecule has 3 aromatic rings. The van der Waals surface area contributed by atoms with Gasteiger partial charge in [0.2, 0.25) is 0 Å². The van der Waals surface area contributed by atoms with Crippen LogP contribution in [-0.2, 0) is 20.9 Å². The Bertz CT molecular complexity index is 1030. The van der Waals surface area contributed by atoms with Gasteiger partial charge in [-0.3, -0.25) is 9.59 Å². The van der Waals surface area contributed by atoms with Crippen LogP contribution in [0.2, 0.25) is 0 Å². The topological polar surface area (TPSA) is 84.7 Å². The summed E-state index contributed by atoms with van der Waals surface area (Å²) < 4.78 is 6.97. The molecular weight excluding hydrogens is 368 g/mol. The van der Waals surface area contributed by atoms with Crippen LogP contribution in [0, 0.1) is 6.92 Å². The van der Waals surface area contributed by atoms with Crippen LogP contribution in [-0.4, -0.2) is 35.8 Å². The SMILES string of the molecule is CCOC(=O)Cn1c(C)c(/C=N\NC(=O)CNc2ccccc2)c2ccccc21. The lowest BCUT2D eigenvalue weighted by Crippen LogP contribution is -2.25. The zero-order chi connectivity index (χ0) is 20.6. The maximum atomic E-state index is 12.0. The van der Waals surface area contributed by atoms with E-state index >= 15 is 0 Å². The molecule has 0 aliphatic carbocycles. The number of nitrogens with zero attached hydrogens (tertiary/aromatic N) is 2. The van der Waals surface area contributed by atoms with Crippen molar-refractivity contribution >= 4 is 34.7 Å². The molecule has 0 atom stereocenters. The van der Waals surface area contributed by atoms with Crippen LogP contribution >= 0.6 is 0 Å². The second-order valence-electron chi connectivity index (χ2n) is 6.42. The summed E-state index contributed by atoms with van der Waals surface area (Å²) in [4.78, 5) is 24.0. The Morgan fingerprint density at radius 1 is 1.10 bits per heavy atom. The first kappa shape index (κ1) is 20.1. The van der Waals surface area contributed by atoms with Crippen molar-refractivity contribution in [2.75, 3.05) is 18.5 Å². The van der Waals surface area contributed by atoms with Gasteiger partial charge in [0.15, 0.2) is 0 Å². The van der Waals surface area contributed by atoms with E-state index < -0.39 is 0 Å². The van der Waals surface area contributed by atoms with Gasteiger partial charge in [0.05, 0.1) is 19.4 Å². The Balaban J connectivity index is 1.71. The van der Waals surface area contributed by atoms with E-state index in [9.17, 15) is 9.59 Å². The molecule has 0 radical (unpaired) electrons. The number of carbonyl (C=O) groups is 2. The molecule has 0 bridgehead atoms. The van der Waals surface area contributed by atoms with Gasteiger partial charge < -0.3 is 14.6 Å². The lowest BCUT2D eigenvalue weighted by atomic mass is 10.1. The van der Waals surface area contributed by atoms with Crippen molar-refractivity contribution in [3.63, 3.8) is 0 Å². The van der Waals surface area contributed by atoms with Gasteiger partial charge in [0, 0.05) is 27.8 Å². The Morgan fingerprint density at radius 3 is 2.59 bits per heavy atom. The molecule has 0 saturated heterocycles. The van der Waals surface area contributed by atoms with Crippen LogP contribution in [0.15, 0.2) is 59.7 Å². The van der Waals surface area contributed by atoms with Crippen molar-refractivity contribution in [2.24, 2.45) is 5.10 Å². The van der Waals surface area contributed by atoms with E-state index in [1.54, 1.807) is 13.1 Å². The Labute approximate surface area is 169 Å². The molecule has 1 heterocycles. The van der Waals surface area contributed by atoms with Crippen molar-refractivity contribution in [2.45, 2.75) is 20.4 Å². The van der Waals surface area contributed by atoms with Gasteiger partial charge in [-0.1, -0.05) is 36.4 Å². The largest absolute Gasteiger partial charge is 0.465 e. The number of hydrogen-bond donors (Lipinski definition) is 2. The van der Waals surface area contributed by atoms with Gasteiger partial charge in [0.1, 0.15) is 6.54 Å². The minimum absolute atomic E-state index is 0.116. The lowest BCUT2D eigenvalue weighted by molar-refractivity contribution is -0.143. The van der Waals surface area contributed by atoms with Crippen molar-refractivity contribution in [3.8, 4) is 0 Å². The second kappa shape index (κ2) is 9.54. The quantitative estimate of drug-likeness (QED) is 0.351. The number of ether oxygens (including phenoxy) is 1. The number of hydrazone groups is 1. The van der Waals surface area contributed by atoms with Gasteiger partial charge in [-0.05, 0) is 32.0 Å². The molecule has 0 fully saturated rings. The van der Waals surface area contributed by atoms with E-state index in [4.69, 9.17) is 4.74 Å². The van der Waals surface area contributed by atoms with Gasteiger partial charge in [-0.25, -0.2) is 5.43 Å². The van der Waals surface area contributed by atoms with E-state index in [-0.39, 0.29) is 25.0 Å². The number of esters is 1. The van der Waals surface area contributed by atoms with E-state index in [0.29, 0.717) is 6.61 Å². The molecule has 0 aliphatic rings. The average molecular weight is 392 g/mol. The summed E-state index contributed by atoms with van der Waals surface area (Å²) in [6.45, 7) is 4.28. The third-order valence-electron chi connectivity index (χ3n) is 4.48. The fourth-order valence-corrected chi connectivity index (χ4v) is 3.11. The van der Waals surface area contributed by atoms with Crippen LogP contribution in [0.4, 0.5) is 5.69 Å². The number of fused-ring (bicyclic) bond motifs is 1. The Kier molecular flexibility index (Phi) is 6.63. The maximum absolute atomic E-state index is 12.0. The zero-order valence-corrected chi connectivity index (χ0v) is 16.5. The molecule has 0 spiro atoms. The number of amides is 1. The monoisotopic (exact) mass is 392 g/mol. The Morgan fingerprint density at radius 2 is 1.83 bits per heavy atom. The second-order valence-corrected chi connectivity index (χ2v) is 6.42. The Hall–Kier alpha value is -3.61. The summed E-state index contributed by atoms with van der Waals surface area (Å²) in [5.41, 5.74) is 6.03. The predicted octanol–water partition coefficient (Wildman–Crippen LogP) is 3.08. The number of nitrogens with one attached hydrogen (secondary N) is 2. The fraction of sp³-hybridized carbons (Fsp3) is 0.227. The van der Waals surface area contributed by atoms with Crippen LogP contribution in [0.3, 0.4) is 0 Å². The molecule has 3 rings (SSSR count). The van der Waals surface area contributed by atoms with Crippen molar-refractivity contribution in [3.05, 3.63) is 65.9 Å². The van der Waals surface area contributed by atoms with Gasteiger partial charge >= 0.3 is 5.97 Å². The zero-order valence-electron chi connectivity index (χ0n) is 16.5. The number of benzene rings is 2. The summed E-state index contributed by atoms with van der Waals surface area (Å²) in [6.07, 6.45) is 1.61. The summed E-state index contributed by atoms with van der Waals surface area (Å²) in [7, 11) is 0. The molecule has 7 heteroatoms. The van der Waals surface area contributed by atoms with E-state index in [1.807, 2.05) is 66.1 Å². The maximum Gasteiger partial charge on any atom is 0.325 e. The minimum Gasteiger partial charge on any atom is -0.465 e. The minimum atomic E-state index is -0.292. The normalized spacial score (nSPS) is 11.0. The molecule has 2 N–H and O–H groups in total. The highest BCUT2D eigenvalue weighted by Gasteiger charge is 2.15. The number of anilines is 1. The van der Waals surface area contributed by atoms with Gasteiger partial charge in [0.25, 0.3) is 5.91 Å². The third-order valence-corrected chi connectivity index (χ3v) is 4.48. The summed E-state index contributed by atoms with van der Waals surface area (Å²) in [5, 5.41) is 8.08. The van der Waals surface area contributed by atoms with Crippen molar-refractivity contribution in [1.82, 2.24) is 9.99 Å². The van der Waals surface area contributed by atoms with E-state index in [0.717, 1.165) is 27.8 Å². The lowest BCUT2D eigenvalue weighted by Gasteiger charge is -2.07. The molecule has 7 nitrogen and oxygen atoms in total. The standard InChI is InChI=1S/C22H24N4O3/c1-3-29-22(28)15-26-16(2)19(18-11-7-8-12-20(18)26)13-24-25-21(27)14-23-17-9-5-4-6-10-17/h4-13,23H,3,14-15H2,1-2H3,(H,25,27)/b24-13-. The first-order valence-corrected chi connectivity index (χ1v) is 9.44. The highest BCUT2D eigenvalue weighted by molar-refractivity contribution is 6.01. The number of para-hydroxylation sites is 2. The number of rotatable bonds is 8. The number of carbonyl (C=O) groups excluding carboxylic acids is 2. The number of hydrogen-bond acceptors (Lipinski definition) is 5. The summed E-state index contributed by atoms with van der Waals surface area (Å²) >= 11 is 0. The summed E-state index contributed by atoms with van der Waals surface area (Å²) in [6, 6.07) is 17.2. The molecule has 29 heavy (non-hydrogen) atoms. The van der Waals surface area contributed by atoms with Crippen LogP contribution in [0.1, 0.15) is 18.2 Å². The highest BCUT2D eigenvalue weighted by Crippen LogP contribution is 2.24. The molecule has 150 valence electrons. The van der Waals surface area contributed by atoms with Crippen LogP contribution in [0.5, 0.6) is 0 Å². The van der Waals surface area contributed by atoms with Crippen LogP contribution in [0.25, 0.3) is 10.9 Å². The molecule has 0 aliphatic heterocycles. The van der Waals surface area contributed by atoms with Crippen LogP contribution < -0.4 is 10.7 Å². The number of aromatic nitrogens is 1. The van der Waals surface area contributed by atoms with E-state index in [2.05, 4.69) is 15.8 Å². The fourth-order valence-electron chi connectivity index (χ4n) is 3.11. The van der Waals surface area contributed by atoms with E-state index in [1.165, 1.54) is 0 Å². The first-order valence-electron chi connectivity index (χ1n) is 9.44. The first-order chi connectivity index (χ1) is 14.1. The average Bonchev–Trinajstić information content (AvgIpc) is 2.99. The van der Waals surface area contributed by atoms with Gasteiger partial charge in [-0.2, -0.15) is 5.10 Å². The predicted molar refractivity (Wildman–Crippen MR) is 114 cm³/mol. The van der Waals surface area contributed by atoms with Crippen molar-refractivity contribution in [1.29, 1.82) is 0 Å². The van der Waals surface area contributed by atoms with Crippen molar-refractivity contribution < 1.29 is 14.3 Å². The van der Waals surface area contributed by atoms with Gasteiger partial charge in [-0.15, -0.1) is 0 Å². The molecule has 0 saturated carbocycles. The third kappa shape index (κ3) is 5.01. The summed E-state index contributed by atoms with van der Waals surface area (Å²) in [5.74, 6) is -0.543. The highest BCUT2D eigenvalue weighted by atomic mass is 16.5. The molecule has 1 amide bonds. The molecule has 1 aromatic heterocycles.